The number of ether oxygens (including phenoxy) is 2. The Morgan fingerprint density at radius 3 is 2.41 bits per heavy atom. The molecule has 0 atom stereocenters. The van der Waals surface area contributed by atoms with Gasteiger partial charge in [-0.3, -0.25) is 0 Å². The molecule has 92 valence electrons. The van der Waals surface area contributed by atoms with E-state index in [4.69, 9.17) is 15.2 Å². The summed E-state index contributed by atoms with van der Waals surface area (Å²) >= 11 is 0. The molecule has 0 bridgehead atoms. The van der Waals surface area contributed by atoms with Gasteiger partial charge in [0.1, 0.15) is 11.4 Å². The highest BCUT2D eigenvalue weighted by atomic mass is 16.5. The van der Waals surface area contributed by atoms with Gasteiger partial charge < -0.3 is 15.2 Å². The number of anilines is 1. The number of hydrogen-bond acceptors (Lipinski definition) is 6. The van der Waals surface area contributed by atoms with Gasteiger partial charge in [-0.15, -0.1) is 0 Å². The minimum Gasteiger partial charge on any atom is -0.462 e. The number of carbonyl (C=O) groups excluding carboxylic acids is 2. The average Bonchev–Trinajstić information content (AvgIpc) is 2.30. The fraction of sp³-hybridized carbons (Fsp3) is 0.364. The van der Waals surface area contributed by atoms with Crippen molar-refractivity contribution in [1.82, 2.24) is 4.98 Å². The Hall–Kier alpha value is -2.11. The molecule has 6 heteroatoms. The smallest absolute Gasteiger partial charge is 0.341 e. The summed E-state index contributed by atoms with van der Waals surface area (Å²) in [6.45, 7) is 3.84. The van der Waals surface area contributed by atoms with Crippen molar-refractivity contribution >= 4 is 17.8 Å². The van der Waals surface area contributed by atoms with Crippen molar-refractivity contribution < 1.29 is 19.1 Å². The molecule has 6 nitrogen and oxygen atoms in total. The summed E-state index contributed by atoms with van der Waals surface area (Å²) in [7, 11) is 0. The summed E-state index contributed by atoms with van der Waals surface area (Å²) in [5.41, 5.74) is 5.77. The summed E-state index contributed by atoms with van der Waals surface area (Å²) in [6, 6.07) is 1.32. The summed E-state index contributed by atoms with van der Waals surface area (Å²) in [4.78, 5) is 26.7. The molecule has 17 heavy (non-hydrogen) atoms. The van der Waals surface area contributed by atoms with E-state index in [1.165, 1.54) is 12.3 Å². The van der Waals surface area contributed by atoms with Gasteiger partial charge in [0.05, 0.1) is 18.8 Å². The highest BCUT2D eigenvalue weighted by Gasteiger charge is 2.16. The molecule has 1 heterocycles. The number of hydrogen-bond donors (Lipinski definition) is 1. The maximum Gasteiger partial charge on any atom is 0.341 e. The minimum atomic E-state index is -0.608. The number of nitrogens with zero attached hydrogens (tertiary/aromatic N) is 1. The predicted molar refractivity (Wildman–Crippen MR) is 60.6 cm³/mol. The Labute approximate surface area is 98.7 Å². The molecule has 0 saturated heterocycles. The molecule has 0 unspecified atom stereocenters. The zero-order chi connectivity index (χ0) is 12.8. The highest BCUT2D eigenvalue weighted by molar-refractivity contribution is 5.98. The van der Waals surface area contributed by atoms with E-state index in [0.29, 0.717) is 0 Å². The molecule has 0 aliphatic heterocycles. The largest absolute Gasteiger partial charge is 0.462 e. The molecule has 1 aromatic heterocycles. The van der Waals surface area contributed by atoms with Gasteiger partial charge in [-0.2, -0.15) is 0 Å². The molecular formula is C11H14N2O4. The van der Waals surface area contributed by atoms with Crippen LogP contribution in [0.5, 0.6) is 0 Å². The van der Waals surface area contributed by atoms with Crippen molar-refractivity contribution in [3.63, 3.8) is 0 Å². The lowest BCUT2D eigenvalue weighted by molar-refractivity contribution is 0.0525. The molecule has 1 rings (SSSR count). The van der Waals surface area contributed by atoms with Crippen LogP contribution in [0.1, 0.15) is 34.6 Å². The van der Waals surface area contributed by atoms with E-state index < -0.39 is 11.9 Å². The van der Waals surface area contributed by atoms with Crippen molar-refractivity contribution in [2.24, 2.45) is 0 Å². The first-order chi connectivity index (χ1) is 8.10. The summed E-state index contributed by atoms with van der Waals surface area (Å²) < 4.78 is 9.58. The lowest BCUT2D eigenvalue weighted by atomic mass is 10.2. The van der Waals surface area contributed by atoms with Crippen LogP contribution in [-0.4, -0.2) is 30.1 Å². The first-order valence-corrected chi connectivity index (χ1v) is 5.19. The van der Waals surface area contributed by atoms with Crippen LogP contribution < -0.4 is 5.73 Å². The number of nitrogen functional groups attached to an aromatic ring is 1. The third kappa shape index (κ3) is 3.17. The number of pyridine rings is 1. The van der Waals surface area contributed by atoms with E-state index in [0.717, 1.165) is 0 Å². The predicted octanol–water partition coefficient (Wildman–Crippen LogP) is 1.02. The van der Waals surface area contributed by atoms with Crippen LogP contribution in [0, 0.1) is 0 Å². The summed E-state index contributed by atoms with van der Waals surface area (Å²) in [6.07, 6.45) is 1.26. The first-order valence-electron chi connectivity index (χ1n) is 5.19. The lowest BCUT2D eigenvalue weighted by Gasteiger charge is -2.06. The monoisotopic (exact) mass is 238 g/mol. The van der Waals surface area contributed by atoms with Crippen molar-refractivity contribution in [2.45, 2.75) is 13.8 Å². The fourth-order valence-corrected chi connectivity index (χ4v) is 1.17. The van der Waals surface area contributed by atoms with E-state index in [9.17, 15) is 9.59 Å². The van der Waals surface area contributed by atoms with Gasteiger partial charge in [0.25, 0.3) is 0 Å². The molecular weight excluding hydrogens is 224 g/mol. The van der Waals surface area contributed by atoms with Crippen molar-refractivity contribution in [2.75, 3.05) is 18.9 Å². The van der Waals surface area contributed by atoms with Gasteiger partial charge in [0.15, 0.2) is 0 Å². The third-order valence-corrected chi connectivity index (χ3v) is 1.92. The van der Waals surface area contributed by atoms with Crippen LogP contribution in [-0.2, 0) is 9.47 Å². The molecule has 0 saturated carbocycles. The lowest BCUT2D eigenvalue weighted by Crippen LogP contribution is -2.12. The van der Waals surface area contributed by atoms with Crippen LogP contribution in [0.3, 0.4) is 0 Å². The second kappa shape index (κ2) is 5.83. The zero-order valence-electron chi connectivity index (χ0n) is 9.73. The fourth-order valence-electron chi connectivity index (χ4n) is 1.17. The van der Waals surface area contributed by atoms with Crippen LogP contribution >= 0.6 is 0 Å². The van der Waals surface area contributed by atoms with Crippen molar-refractivity contribution in [3.8, 4) is 0 Å². The van der Waals surface area contributed by atoms with Gasteiger partial charge in [-0.25, -0.2) is 14.6 Å². The second-order valence-electron chi connectivity index (χ2n) is 3.10. The molecule has 1 aromatic rings. The van der Waals surface area contributed by atoms with Gasteiger partial charge in [-0.1, -0.05) is 0 Å². The van der Waals surface area contributed by atoms with E-state index >= 15 is 0 Å². The maximum atomic E-state index is 11.5. The Morgan fingerprint density at radius 1 is 1.24 bits per heavy atom. The second-order valence-corrected chi connectivity index (χ2v) is 3.10. The van der Waals surface area contributed by atoms with Gasteiger partial charge in [0, 0.05) is 6.20 Å². The zero-order valence-corrected chi connectivity index (χ0v) is 9.73. The number of nitrogens with two attached hydrogens (primary N) is 1. The number of carbonyl (C=O) groups is 2. The topological polar surface area (TPSA) is 91.5 Å². The van der Waals surface area contributed by atoms with Crippen LogP contribution in [0.2, 0.25) is 0 Å². The summed E-state index contributed by atoms with van der Waals surface area (Å²) in [5, 5.41) is 0. The van der Waals surface area contributed by atoms with Gasteiger partial charge >= 0.3 is 11.9 Å². The molecule has 0 aliphatic carbocycles. The molecule has 0 aliphatic rings. The number of aromatic nitrogens is 1. The van der Waals surface area contributed by atoms with Crippen molar-refractivity contribution in [3.05, 3.63) is 23.4 Å². The molecule has 0 radical (unpaired) electrons. The Kier molecular flexibility index (Phi) is 4.45. The maximum absolute atomic E-state index is 11.5. The summed E-state index contributed by atoms with van der Waals surface area (Å²) in [5.74, 6) is -1.13. The van der Waals surface area contributed by atoms with Gasteiger partial charge in [0.2, 0.25) is 0 Å². The Balaban J connectivity index is 3.02. The van der Waals surface area contributed by atoms with E-state index in [1.54, 1.807) is 13.8 Å². The number of rotatable bonds is 4. The van der Waals surface area contributed by atoms with Crippen LogP contribution in [0.4, 0.5) is 5.82 Å². The first kappa shape index (κ1) is 13.0. The van der Waals surface area contributed by atoms with Gasteiger partial charge in [-0.05, 0) is 19.9 Å². The van der Waals surface area contributed by atoms with E-state index in [-0.39, 0.29) is 30.2 Å². The standard InChI is InChI=1S/C11H14N2O4/c1-3-16-10(14)7-5-8(9(12)13-6-7)11(15)17-4-2/h5-6H,3-4H2,1-2H3,(H2,12,13). The van der Waals surface area contributed by atoms with Crippen molar-refractivity contribution in [1.29, 1.82) is 0 Å². The Bertz CT molecular complexity index is 431. The Morgan fingerprint density at radius 2 is 1.82 bits per heavy atom. The molecule has 0 spiro atoms. The van der Waals surface area contributed by atoms with Crippen LogP contribution in [0.25, 0.3) is 0 Å². The quantitative estimate of drug-likeness (QED) is 0.787. The van der Waals surface area contributed by atoms with E-state index in [2.05, 4.69) is 4.98 Å². The third-order valence-electron chi connectivity index (χ3n) is 1.92. The van der Waals surface area contributed by atoms with E-state index in [1.807, 2.05) is 0 Å². The molecule has 0 fully saturated rings. The normalized spacial score (nSPS) is 9.76. The van der Waals surface area contributed by atoms with Crippen LogP contribution in [0.15, 0.2) is 12.3 Å². The highest BCUT2D eigenvalue weighted by Crippen LogP contribution is 2.13. The SMILES string of the molecule is CCOC(=O)c1cnc(N)c(C(=O)OCC)c1. The molecule has 2 N–H and O–H groups in total. The minimum absolute atomic E-state index is 0.0245. The molecule has 0 amide bonds. The number of esters is 2. The molecule has 0 aromatic carbocycles. The average molecular weight is 238 g/mol.